The second-order valence-electron chi connectivity index (χ2n) is 13.3. The number of carbonyl (C=O) groups excluding carboxylic acids is 2. The molecule has 1 saturated heterocycles. The van der Waals surface area contributed by atoms with Crippen LogP contribution in [-0.2, 0) is 24.2 Å². The number of aromatic nitrogens is 3. The average Bonchev–Trinajstić information content (AvgIpc) is 3.42. The van der Waals surface area contributed by atoms with Crippen molar-refractivity contribution >= 4 is 45.2 Å². The maximum absolute atomic E-state index is 14.3. The van der Waals surface area contributed by atoms with Gasteiger partial charge < -0.3 is 20.1 Å². The minimum atomic E-state index is -0.708. The summed E-state index contributed by atoms with van der Waals surface area (Å²) in [6.45, 7) is 3.99. The van der Waals surface area contributed by atoms with Gasteiger partial charge in [-0.2, -0.15) is 0 Å². The molecule has 7 rings (SSSR count). The quantitative estimate of drug-likeness (QED) is 0.225. The van der Waals surface area contributed by atoms with Crippen molar-refractivity contribution in [3.8, 4) is 0 Å². The number of fused-ring (bicyclic) bond motifs is 2. The van der Waals surface area contributed by atoms with Gasteiger partial charge in [0.25, 0.3) is 0 Å². The normalized spacial score (nSPS) is 20.0. The van der Waals surface area contributed by atoms with Crippen LogP contribution in [0.3, 0.4) is 0 Å². The Balaban J connectivity index is 1.19. The number of benzene rings is 2. The number of hydrogen-bond donors (Lipinski definition) is 2. The number of rotatable bonds is 6. The summed E-state index contributed by atoms with van der Waals surface area (Å²) in [7, 11) is 0. The van der Waals surface area contributed by atoms with Gasteiger partial charge >= 0.3 is 6.03 Å². The van der Waals surface area contributed by atoms with Crippen LogP contribution in [-0.4, -0.2) is 68.0 Å². The largest absolute Gasteiger partial charge is 0.335 e. The van der Waals surface area contributed by atoms with E-state index in [1.165, 1.54) is 17.5 Å². The number of imidazole rings is 1. The molecular weight excluding hydrogens is 690 g/mol. The SMILES string of the molecule is Cc1cn(Cc2cccc(NC(=O)[C@H]3CN([C@H]4c5ccc(Cl)cc5CCc5cc(Br)cnc54)CCN3C(=O)NC3CCCCC3)c2)cn1. The molecule has 11 heteroatoms. The number of hydrogen-bond acceptors (Lipinski definition) is 5. The van der Waals surface area contributed by atoms with Crippen molar-refractivity contribution < 1.29 is 9.59 Å². The molecule has 2 N–H and O–H groups in total. The molecular formula is C37H41BrClN7O2. The fourth-order valence-corrected chi connectivity index (χ4v) is 8.11. The molecule has 3 amide bonds. The van der Waals surface area contributed by atoms with Crippen LogP contribution < -0.4 is 10.6 Å². The Bertz CT molecular complexity index is 1750. The van der Waals surface area contributed by atoms with Crippen molar-refractivity contribution in [2.75, 3.05) is 25.0 Å². The highest BCUT2D eigenvalue weighted by atomic mass is 79.9. The van der Waals surface area contributed by atoms with Crippen LogP contribution in [0.15, 0.2) is 71.7 Å². The third-order valence-electron chi connectivity index (χ3n) is 9.89. The molecule has 2 fully saturated rings. The van der Waals surface area contributed by atoms with Gasteiger partial charge in [0.15, 0.2) is 0 Å². The summed E-state index contributed by atoms with van der Waals surface area (Å²) in [5.74, 6) is -0.206. The van der Waals surface area contributed by atoms with E-state index < -0.39 is 6.04 Å². The van der Waals surface area contributed by atoms with E-state index in [9.17, 15) is 9.59 Å². The highest BCUT2D eigenvalue weighted by molar-refractivity contribution is 9.10. The summed E-state index contributed by atoms with van der Waals surface area (Å²) >= 11 is 10.1. The minimum Gasteiger partial charge on any atom is -0.335 e. The number of nitrogens with one attached hydrogen (secondary N) is 2. The summed E-state index contributed by atoms with van der Waals surface area (Å²) in [5.41, 5.74) is 7.19. The van der Waals surface area contributed by atoms with Crippen molar-refractivity contribution in [2.45, 2.75) is 76.5 Å². The van der Waals surface area contributed by atoms with Crippen LogP contribution in [0.5, 0.6) is 0 Å². The van der Waals surface area contributed by atoms with E-state index in [1.54, 1.807) is 4.90 Å². The zero-order valence-electron chi connectivity index (χ0n) is 27.2. The number of amides is 3. The molecule has 4 aromatic rings. The Morgan fingerprint density at radius 2 is 1.83 bits per heavy atom. The lowest BCUT2D eigenvalue weighted by atomic mass is 9.94. The molecule has 2 aliphatic carbocycles. The second-order valence-corrected chi connectivity index (χ2v) is 14.7. The first-order valence-electron chi connectivity index (χ1n) is 16.9. The van der Waals surface area contributed by atoms with Crippen LogP contribution in [0.25, 0.3) is 0 Å². The van der Waals surface area contributed by atoms with Crippen molar-refractivity contribution in [3.63, 3.8) is 0 Å². The van der Waals surface area contributed by atoms with Gasteiger partial charge in [-0.25, -0.2) is 9.78 Å². The summed E-state index contributed by atoms with van der Waals surface area (Å²) in [6.07, 6.45) is 12.7. The fraction of sp³-hybridized carbons (Fsp3) is 0.405. The monoisotopic (exact) mass is 729 g/mol. The Morgan fingerprint density at radius 1 is 1.00 bits per heavy atom. The molecule has 3 aliphatic rings. The molecule has 0 bridgehead atoms. The summed E-state index contributed by atoms with van der Waals surface area (Å²) in [5, 5.41) is 7.15. The zero-order chi connectivity index (χ0) is 33.2. The number of halogens is 2. The summed E-state index contributed by atoms with van der Waals surface area (Å²) in [6, 6.07) is 15.2. The molecule has 0 spiro atoms. The van der Waals surface area contributed by atoms with E-state index in [-0.39, 0.29) is 24.0 Å². The molecule has 1 saturated carbocycles. The predicted octanol–water partition coefficient (Wildman–Crippen LogP) is 6.91. The van der Waals surface area contributed by atoms with Gasteiger partial charge in [0, 0.05) is 59.8 Å². The summed E-state index contributed by atoms with van der Waals surface area (Å²) in [4.78, 5) is 41.5. The lowest BCUT2D eigenvalue weighted by molar-refractivity contribution is -0.122. The fourth-order valence-electron chi connectivity index (χ4n) is 7.53. The number of carbonyl (C=O) groups is 2. The summed E-state index contributed by atoms with van der Waals surface area (Å²) < 4.78 is 2.96. The molecule has 2 aromatic carbocycles. The number of urea groups is 1. The number of nitrogens with zero attached hydrogens (tertiary/aromatic N) is 5. The first-order chi connectivity index (χ1) is 23.3. The van der Waals surface area contributed by atoms with Gasteiger partial charge in [0.2, 0.25) is 5.91 Å². The third-order valence-corrected chi connectivity index (χ3v) is 10.6. The van der Waals surface area contributed by atoms with Gasteiger partial charge in [-0.3, -0.25) is 14.7 Å². The van der Waals surface area contributed by atoms with Crippen molar-refractivity contribution in [2.24, 2.45) is 0 Å². The van der Waals surface area contributed by atoms with Gasteiger partial charge in [-0.05, 0) is 101 Å². The lowest BCUT2D eigenvalue weighted by Gasteiger charge is -2.44. The second kappa shape index (κ2) is 14.4. The average molecular weight is 731 g/mol. The van der Waals surface area contributed by atoms with Crippen LogP contribution >= 0.6 is 27.5 Å². The van der Waals surface area contributed by atoms with E-state index in [0.717, 1.165) is 65.5 Å². The van der Waals surface area contributed by atoms with Crippen molar-refractivity contribution in [3.05, 3.63) is 110 Å². The Hall–Kier alpha value is -3.73. The van der Waals surface area contributed by atoms with Gasteiger partial charge in [0.05, 0.1) is 23.8 Å². The first kappa shape index (κ1) is 32.8. The molecule has 3 heterocycles. The van der Waals surface area contributed by atoms with Crippen molar-refractivity contribution in [1.82, 2.24) is 29.7 Å². The molecule has 0 radical (unpaired) electrons. The number of pyridine rings is 1. The molecule has 9 nitrogen and oxygen atoms in total. The zero-order valence-corrected chi connectivity index (χ0v) is 29.5. The lowest BCUT2D eigenvalue weighted by Crippen LogP contribution is -2.62. The van der Waals surface area contributed by atoms with Crippen LogP contribution in [0.2, 0.25) is 5.02 Å². The highest BCUT2D eigenvalue weighted by Gasteiger charge is 2.41. The Morgan fingerprint density at radius 3 is 2.65 bits per heavy atom. The van der Waals surface area contributed by atoms with E-state index in [2.05, 4.69) is 54.6 Å². The van der Waals surface area contributed by atoms with Crippen molar-refractivity contribution in [1.29, 1.82) is 0 Å². The number of piperazine rings is 1. The Kier molecular flexibility index (Phi) is 9.84. The highest BCUT2D eigenvalue weighted by Crippen LogP contribution is 2.38. The molecule has 2 atom stereocenters. The molecule has 1 aliphatic heterocycles. The minimum absolute atomic E-state index is 0.143. The van der Waals surface area contributed by atoms with Crippen LogP contribution in [0.4, 0.5) is 10.5 Å². The van der Waals surface area contributed by atoms with Gasteiger partial charge in [-0.1, -0.05) is 49.1 Å². The van der Waals surface area contributed by atoms with Gasteiger partial charge in [0.1, 0.15) is 6.04 Å². The smallest absolute Gasteiger partial charge is 0.318 e. The number of aryl methyl sites for hydroxylation is 3. The Labute approximate surface area is 295 Å². The maximum Gasteiger partial charge on any atom is 0.318 e. The third kappa shape index (κ3) is 7.31. The first-order valence-corrected chi connectivity index (χ1v) is 18.1. The van der Waals surface area contributed by atoms with Gasteiger partial charge in [-0.15, -0.1) is 0 Å². The standard InChI is InChI=1S/C37H41BrClN7O2/c1-24-20-44(23-41-24)21-25-6-5-9-31(16-25)42-36(47)33-22-45(14-15-46(33)37(48)43-30-7-3-2-4-8-30)35-32-13-12-29(39)18-26(32)10-11-27-17-28(38)19-40-34(27)35/h5-6,9,12-13,16-20,23,30,33,35H,2-4,7-8,10-11,14-15,21-22H2,1H3,(H,42,47)(H,43,48)/t33-,35+/m1/s1. The topological polar surface area (TPSA) is 95.4 Å². The molecule has 0 unspecified atom stereocenters. The molecule has 2 aromatic heterocycles. The molecule has 250 valence electrons. The van der Waals surface area contributed by atoms with E-state index in [4.69, 9.17) is 16.6 Å². The van der Waals surface area contributed by atoms with Crippen LogP contribution in [0, 0.1) is 6.92 Å². The van der Waals surface area contributed by atoms with E-state index in [1.807, 2.05) is 60.5 Å². The molecule has 48 heavy (non-hydrogen) atoms. The van der Waals surface area contributed by atoms with E-state index in [0.29, 0.717) is 36.9 Å². The maximum atomic E-state index is 14.3. The van der Waals surface area contributed by atoms with Crippen LogP contribution in [0.1, 0.15) is 71.8 Å². The van der Waals surface area contributed by atoms with E-state index >= 15 is 0 Å². The predicted molar refractivity (Wildman–Crippen MR) is 191 cm³/mol. The number of anilines is 1.